The van der Waals surface area contributed by atoms with Crippen molar-refractivity contribution in [2.75, 3.05) is 0 Å². The molecule has 0 aromatic heterocycles. The third kappa shape index (κ3) is 4.03. The van der Waals surface area contributed by atoms with Crippen molar-refractivity contribution in [3.63, 3.8) is 0 Å². The van der Waals surface area contributed by atoms with Gasteiger partial charge in [-0.15, -0.1) is 0 Å². The van der Waals surface area contributed by atoms with Crippen LogP contribution in [0.1, 0.15) is 24.2 Å². The predicted molar refractivity (Wildman–Crippen MR) is 96.4 cm³/mol. The fraction of sp³-hybridized carbons (Fsp3) is 0.278. The second kappa shape index (κ2) is 7.61. The molecule has 2 aromatic rings. The van der Waals surface area contributed by atoms with E-state index in [1.807, 2.05) is 12.1 Å². The van der Waals surface area contributed by atoms with Crippen molar-refractivity contribution in [2.24, 2.45) is 11.8 Å². The SMILES string of the molecule is CC(C(=O)c1ccccc1)C(C)C(Cl)(Cl)S(=O)c1ccccc1. The molecule has 0 bridgehead atoms. The lowest BCUT2D eigenvalue weighted by atomic mass is 9.89. The average molecular weight is 369 g/mol. The number of ketones is 1. The van der Waals surface area contributed by atoms with Gasteiger partial charge in [0.15, 0.2) is 9.45 Å². The molecular weight excluding hydrogens is 351 g/mol. The summed E-state index contributed by atoms with van der Waals surface area (Å²) in [5.41, 5.74) is 0.599. The van der Waals surface area contributed by atoms with Gasteiger partial charge in [0.1, 0.15) is 0 Å². The molecule has 3 atom stereocenters. The Balaban J connectivity index is 2.22. The molecule has 3 unspecified atom stereocenters. The van der Waals surface area contributed by atoms with Gasteiger partial charge < -0.3 is 0 Å². The van der Waals surface area contributed by atoms with E-state index in [4.69, 9.17) is 23.2 Å². The molecule has 0 aliphatic carbocycles. The summed E-state index contributed by atoms with van der Waals surface area (Å²) in [5, 5.41) is 0. The number of hydrogen-bond donors (Lipinski definition) is 0. The summed E-state index contributed by atoms with van der Waals surface area (Å²) < 4.78 is 11.2. The van der Waals surface area contributed by atoms with E-state index in [1.54, 1.807) is 62.4 Å². The number of alkyl halides is 2. The Kier molecular flexibility index (Phi) is 6.01. The minimum atomic E-state index is -1.64. The van der Waals surface area contributed by atoms with E-state index < -0.39 is 26.3 Å². The number of carbonyl (C=O) groups excluding carboxylic acids is 1. The normalized spacial score (nSPS) is 15.7. The van der Waals surface area contributed by atoms with E-state index >= 15 is 0 Å². The zero-order chi connectivity index (χ0) is 17.0. The second-order valence-corrected chi connectivity index (χ2v) is 8.94. The van der Waals surface area contributed by atoms with Gasteiger partial charge in [0.2, 0.25) is 0 Å². The number of rotatable bonds is 6. The quantitative estimate of drug-likeness (QED) is 0.526. The van der Waals surface area contributed by atoms with Crippen LogP contribution < -0.4 is 0 Å². The van der Waals surface area contributed by atoms with Crippen LogP contribution in [0, 0.1) is 11.8 Å². The molecule has 0 saturated heterocycles. The Morgan fingerprint density at radius 3 is 1.96 bits per heavy atom. The first kappa shape index (κ1) is 18.2. The molecule has 0 heterocycles. The van der Waals surface area contributed by atoms with Gasteiger partial charge in [0, 0.05) is 22.3 Å². The summed E-state index contributed by atoms with van der Waals surface area (Å²) in [6.07, 6.45) is 0. The number of hydrogen-bond acceptors (Lipinski definition) is 2. The standard InChI is InChI=1S/C18H18Cl2O2S/c1-13(17(21)15-9-5-3-6-10-15)14(2)18(19,20)23(22)16-11-7-4-8-12-16/h3-14H,1-2H3. The molecule has 0 saturated carbocycles. The Labute approximate surface area is 149 Å². The maximum absolute atomic E-state index is 12.7. The first-order valence-corrected chi connectivity index (χ1v) is 9.20. The van der Waals surface area contributed by atoms with Gasteiger partial charge in [-0.2, -0.15) is 0 Å². The Morgan fingerprint density at radius 1 is 0.957 bits per heavy atom. The van der Waals surface area contributed by atoms with E-state index in [2.05, 4.69) is 0 Å². The summed E-state index contributed by atoms with van der Waals surface area (Å²) in [6.45, 7) is 3.52. The third-order valence-corrected chi connectivity index (χ3v) is 7.05. The van der Waals surface area contributed by atoms with Gasteiger partial charge in [-0.25, -0.2) is 0 Å². The van der Waals surface area contributed by atoms with E-state index in [1.165, 1.54) is 0 Å². The number of halogens is 2. The van der Waals surface area contributed by atoms with E-state index in [9.17, 15) is 9.00 Å². The first-order chi connectivity index (χ1) is 10.9. The largest absolute Gasteiger partial charge is 0.294 e. The average Bonchev–Trinajstić information content (AvgIpc) is 2.60. The summed E-state index contributed by atoms with van der Waals surface area (Å²) in [7, 11) is -1.64. The minimum Gasteiger partial charge on any atom is -0.294 e. The number of carbonyl (C=O) groups is 1. The van der Waals surface area contributed by atoms with Crippen LogP contribution in [0.4, 0.5) is 0 Å². The Morgan fingerprint density at radius 2 is 1.43 bits per heavy atom. The minimum absolute atomic E-state index is 0.0613. The van der Waals surface area contributed by atoms with Gasteiger partial charge in [-0.1, -0.05) is 85.6 Å². The predicted octanol–water partition coefficient (Wildman–Crippen LogP) is 5.08. The van der Waals surface area contributed by atoms with Crippen LogP contribution in [0.3, 0.4) is 0 Å². The molecule has 0 fully saturated rings. The van der Waals surface area contributed by atoms with Gasteiger partial charge in [-0.05, 0) is 12.1 Å². The third-order valence-electron chi connectivity index (χ3n) is 3.96. The zero-order valence-corrected chi connectivity index (χ0v) is 15.2. The summed E-state index contributed by atoms with van der Waals surface area (Å²) in [6, 6.07) is 17.8. The van der Waals surface area contributed by atoms with Gasteiger partial charge in [0.05, 0.1) is 10.8 Å². The highest BCUT2D eigenvalue weighted by Crippen LogP contribution is 2.41. The second-order valence-electron chi connectivity index (χ2n) is 5.45. The van der Waals surface area contributed by atoms with Crippen LogP contribution in [0.25, 0.3) is 0 Å². The lowest BCUT2D eigenvalue weighted by Gasteiger charge is -2.30. The molecule has 0 N–H and O–H groups in total. The highest BCUT2D eigenvalue weighted by molar-refractivity contribution is 7.89. The smallest absolute Gasteiger partial charge is 0.199 e. The zero-order valence-electron chi connectivity index (χ0n) is 12.9. The molecule has 2 aromatic carbocycles. The van der Waals surface area contributed by atoms with Crippen LogP contribution in [0.2, 0.25) is 0 Å². The molecule has 23 heavy (non-hydrogen) atoms. The van der Waals surface area contributed by atoms with Crippen LogP contribution in [0.5, 0.6) is 0 Å². The fourth-order valence-electron chi connectivity index (χ4n) is 2.25. The molecule has 0 amide bonds. The molecule has 2 nitrogen and oxygen atoms in total. The van der Waals surface area contributed by atoms with Crippen molar-refractivity contribution in [3.8, 4) is 0 Å². The van der Waals surface area contributed by atoms with Gasteiger partial charge >= 0.3 is 0 Å². The van der Waals surface area contributed by atoms with Gasteiger partial charge in [-0.3, -0.25) is 9.00 Å². The molecule has 0 radical (unpaired) electrons. The van der Waals surface area contributed by atoms with Crippen molar-refractivity contribution in [3.05, 3.63) is 66.2 Å². The molecule has 5 heteroatoms. The first-order valence-electron chi connectivity index (χ1n) is 7.29. The lowest BCUT2D eigenvalue weighted by molar-refractivity contribution is 0.0894. The molecule has 0 aliphatic rings. The molecule has 122 valence electrons. The van der Waals surface area contributed by atoms with Crippen molar-refractivity contribution in [2.45, 2.75) is 22.4 Å². The highest BCUT2D eigenvalue weighted by Gasteiger charge is 2.43. The van der Waals surface area contributed by atoms with Crippen molar-refractivity contribution in [1.82, 2.24) is 0 Å². The molecule has 0 aliphatic heterocycles. The Bertz CT molecular complexity index is 687. The van der Waals surface area contributed by atoms with E-state index in [0.717, 1.165) is 0 Å². The van der Waals surface area contributed by atoms with Crippen LogP contribution in [-0.4, -0.2) is 13.7 Å². The maximum atomic E-state index is 12.7. The molecule has 2 rings (SSSR count). The van der Waals surface area contributed by atoms with Crippen LogP contribution >= 0.6 is 23.2 Å². The highest BCUT2D eigenvalue weighted by atomic mass is 35.5. The van der Waals surface area contributed by atoms with Crippen molar-refractivity contribution < 1.29 is 9.00 Å². The van der Waals surface area contributed by atoms with E-state index in [-0.39, 0.29) is 5.78 Å². The van der Waals surface area contributed by atoms with Gasteiger partial charge in [0.25, 0.3) is 0 Å². The van der Waals surface area contributed by atoms with Crippen LogP contribution in [-0.2, 0) is 10.8 Å². The summed E-state index contributed by atoms with van der Waals surface area (Å²) >= 11 is 12.8. The number of Topliss-reactive ketones (excluding diaryl/α,β-unsaturated/α-hetero) is 1. The maximum Gasteiger partial charge on any atom is 0.199 e. The fourth-order valence-corrected chi connectivity index (χ4v) is 4.43. The van der Waals surface area contributed by atoms with Crippen LogP contribution in [0.15, 0.2) is 65.6 Å². The Hall–Kier alpha value is -1.16. The lowest BCUT2D eigenvalue weighted by Crippen LogP contribution is -2.36. The van der Waals surface area contributed by atoms with E-state index in [0.29, 0.717) is 10.5 Å². The molecular formula is C18H18Cl2O2S. The summed E-state index contributed by atoms with van der Waals surface area (Å²) in [5.74, 6) is -1.01. The van der Waals surface area contributed by atoms with Crippen molar-refractivity contribution >= 4 is 39.8 Å². The van der Waals surface area contributed by atoms with Crippen molar-refractivity contribution in [1.29, 1.82) is 0 Å². The number of benzene rings is 2. The topological polar surface area (TPSA) is 34.1 Å². The molecule has 0 spiro atoms. The summed E-state index contributed by atoms with van der Waals surface area (Å²) in [4.78, 5) is 13.1. The monoisotopic (exact) mass is 368 g/mol.